The summed E-state index contributed by atoms with van der Waals surface area (Å²) >= 11 is 1.92. The van der Waals surface area contributed by atoms with E-state index in [0.29, 0.717) is 21.9 Å². The zero-order valence-electron chi connectivity index (χ0n) is 9.43. The van der Waals surface area contributed by atoms with Crippen molar-refractivity contribution in [2.75, 3.05) is 18.8 Å². The third-order valence-electron chi connectivity index (χ3n) is 2.61. The molecule has 2 atom stereocenters. The number of nitrogens with two attached hydrogens (primary N) is 1. The van der Waals surface area contributed by atoms with Crippen molar-refractivity contribution in [3.63, 3.8) is 0 Å². The van der Waals surface area contributed by atoms with Gasteiger partial charge in [-0.3, -0.25) is 9.89 Å². The highest BCUT2D eigenvalue weighted by Gasteiger charge is 2.27. The van der Waals surface area contributed by atoms with Gasteiger partial charge < -0.3 is 10.6 Å². The van der Waals surface area contributed by atoms with Crippen LogP contribution in [-0.2, 0) is 0 Å². The predicted molar refractivity (Wildman–Crippen MR) is 65.4 cm³/mol. The van der Waals surface area contributed by atoms with Crippen LogP contribution in [0.5, 0.6) is 0 Å². The van der Waals surface area contributed by atoms with Crippen LogP contribution in [0, 0.1) is 0 Å². The van der Waals surface area contributed by atoms with Crippen LogP contribution in [0.1, 0.15) is 24.2 Å². The molecule has 0 aliphatic carbocycles. The van der Waals surface area contributed by atoms with Crippen LogP contribution in [0.4, 0.5) is 5.82 Å². The van der Waals surface area contributed by atoms with Gasteiger partial charge in [-0.2, -0.15) is 16.9 Å². The largest absolute Gasteiger partial charge is 0.383 e. The zero-order valence-corrected chi connectivity index (χ0v) is 10.3. The molecule has 16 heavy (non-hydrogen) atoms. The van der Waals surface area contributed by atoms with Gasteiger partial charge in [0.05, 0.1) is 6.20 Å². The Balaban J connectivity index is 2.13. The van der Waals surface area contributed by atoms with Gasteiger partial charge in [0.2, 0.25) is 0 Å². The fourth-order valence-electron chi connectivity index (χ4n) is 1.98. The van der Waals surface area contributed by atoms with E-state index in [1.807, 2.05) is 16.7 Å². The number of nitrogen functional groups attached to an aromatic ring is 1. The van der Waals surface area contributed by atoms with E-state index < -0.39 is 0 Å². The monoisotopic (exact) mass is 240 g/mol. The molecule has 1 amide bonds. The number of carbonyl (C=O) groups excluding carboxylic acids is 1. The van der Waals surface area contributed by atoms with Gasteiger partial charge in [0.15, 0.2) is 0 Å². The van der Waals surface area contributed by atoms with E-state index in [-0.39, 0.29) is 5.91 Å². The number of carbonyl (C=O) groups is 1. The number of nitrogens with zero attached hydrogens (tertiary/aromatic N) is 2. The quantitative estimate of drug-likeness (QED) is 0.766. The van der Waals surface area contributed by atoms with E-state index in [1.165, 1.54) is 6.20 Å². The van der Waals surface area contributed by atoms with Gasteiger partial charge in [-0.05, 0) is 0 Å². The Morgan fingerprint density at radius 3 is 2.69 bits per heavy atom. The minimum Gasteiger partial charge on any atom is -0.383 e. The Morgan fingerprint density at radius 1 is 1.56 bits per heavy atom. The normalized spacial score (nSPS) is 25.8. The van der Waals surface area contributed by atoms with E-state index in [2.05, 4.69) is 24.0 Å². The maximum atomic E-state index is 12.1. The summed E-state index contributed by atoms with van der Waals surface area (Å²) in [4.78, 5) is 14.0. The molecule has 1 fully saturated rings. The SMILES string of the molecule is CC1CN(C(=O)c2cn[nH]c2N)CC(C)S1. The molecule has 1 aliphatic rings. The molecule has 0 aromatic carbocycles. The van der Waals surface area contributed by atoms with Crippen molar-refractivity contribution in [3.05, 3.63) is 11.8 Å². The van der Waals surface area contributed by atoms with Crippen molar-refractivity contribution in [2.24, 2.45) is 0 Å². The second-order valence-corrected chi connectivity index (χ2v) is 6.05. The van der Waals surface area contributed by atoms with Crippen LogP contribution >= 0.6 is 11.8 Å². The highest BCUT2D eigenvalue weighted by atomic mass is 32.2. The Hall–Kier alpha value is -1.17. The molecule has 0 radical (unpaired) electrons. The van der Waals surface area contributed by atoms with Crippen LogP contribution < -0.4 is 5.73 Å². The van der Waals surface area contributed by atoms with E-state index >= 15 is 0 Å². The summed E-state index contributed by atoms with van der Waals surface area (Å²) in [7, 11) is 0. The summed E-state index contributed by atoms with van der Waals surface area (Å²) in [6.07, 6.45) is 1.49. The molecule has 1 aliphatic heterocycles. The molecule has 0 bridgehead atoms. The van der Waals surface area contributed by atoms with Crippen LogP contribution in [0.15, 0.2) is 6.20 Å². The van der Waals surface area contributed by atoms with Crippen molar-refractivity contribution in [2.45, 2.75) is 24.3 Å². The molecule has 6 heteroatoms. The standard InChI is InChI=1S/C10H16N4OS/c1-6-4-14(5-7(2)16-6)10(15)8-3-12-13-9(8)11/h3,6-7H,4-5H2,1-2H3,(H3,11,12,13). The Kier molecular flexibility index (Phi) is 3.09. The van der Waals surface area contributed by atoms with Crippen LogP contribution in [0.3, 0.4) is 0 Å². The smallest absolute Gasteiger partial charge is 0.259 e. The highest BCUT2D eigenvalue weighted by Crippen LogP contribution is 2.26. The van der Waals surface area contributed by atoms with Gasteiger partial charge in [-0.25, -0.2) is 0 Å². The number of aromatic amines is 1. The zero-order chi connectivity index (χ0) is 11.7. The lowest BCUT2D eigenvalue weighted by Crippen LogP contribution is -2.44. The number of thioether (sulfide) groups is 1. The van der Waals surface area contributed by atoms with Crippen molar-refractivity contribution < 1.29 is 4.79 Å². The minimum absolute atomic E-state index is 0.0229. The first-order valence-electron chi connectivity index (χ1n) is 5.31. The first-order chi connectivity index (χ1) is 7.58. The molecule has 2 rings (SSSR count). The molecule has 1 aromatic rings. The summed E-state index contributed by atoms with van der Waals surface area (Å²) in [6, 6.07) is 0. The molecule has 3 N–H and O–H groups in total. The number of nitrogens with one attached hydrogen (secondary N) is 1. The number of hydrogen-bond acceptors (Lipinski definition) is 4. The van der Waals surface area contributed by atoms with E-state index in [1.54, 1.807) is 0 Å². The molecule has 2 unspecified atom stereocenters. The number of anilines is 1. The fraction of sp³-hybridized carbons (Fsp3) is 0.600. The molecular formula is C10H16N4OS. The van der Waals surface area contributed by atoms with Gasteiger partial charge in [-0.15, -0.1) is 0 Å². The predicted octanol–water partition coefficient (Wildman–Crippen LogP) is 0.958. The Morgan fingerprint density at radius 2 is 2.19 bits per heavy atom. The second kappa shape index (κ2) is 4.37. The molecule has 1 aromatic heterocycles. The van der Waals surface area contributed by atoms with E-state index in [4.69, 9.17) is 5.73 Å². The van der Waals surface area contributed by atoms with Crippen molar-refractivity contribution in [1.82, 2.24) is 15.1 Å². The van der Waals surface area contributed by atoms with Gasteiger partial charge in [0.1, 0.15) is 11.4 Å². The maximum absolute atomic E-state index is 12.1. The lowest BCUT2D eigenvalue weighted by atomic mass is 10.2. The molecular weight excluding hydrogens is 224 g/mol. The number of H-pyrrole nitrogens is 1. The van der Waals surface area contributed by atoms with Crippen molar-refractivity contribution in [3.8, 4) is 0 Å². The maximum Gasteiger partial charge on any atom is 0.259 e. The third-order valence-corrected chi connectivity index (χ3v) is 3.83. The fourth-order valence-corrected chi connectivity index (χ4v) is 3.31. The van der Waals surface area contributed by atoms with Crippen LogP contribution in [0.25, 0.3) is 0 Å². The van der Waals surface area contributed by atoms with Crippen molar-refractivity contribution >= 4 is 23.5 Å². The van der Waals surface area contributed by atoms with Crippen molar-refractivity contribution in [1.29, 1.82) is 0 Å². The number of aromatic nitrogens is 2. The number of amides is 1. The highest BCUT2D eigenvalue weighted by molar-refractivity contribution is 8.00. The Bertz CT molecular complexity index is 382. The first kappa shape index (κ1) is 11.3. The summed E-state index contributed by atoms with van der Waals surface area (Å²) < 4.78 is 0. The van der Waals surface area contributed by atoms with Gasteiger partial charge >= 0.3 is 0 Å². The molecule has 0 saturated carbocycles. The molecule has 5 nitrogen and oxygen atoms in total. The van der Waals surface area contributed by atoms with Gasteiger partial charge in [0, 0.05) is 23.6 Å². The summed E-state index contributed by atoms with van der Waals surface area (Å²) in [5.74, 6) is 0.328. The molecule has 88 valence electrons. The topological polar surface area (TPSA) is 75.0 Å². The Labute approximate surface area is 98.8 Å². The van der Waals surface area contributed by atoms with Gasteiger partial charge in [-0.1, -0.05) is 13.8 Å². The van der Waals surface area contributed by atoms with Gasteiger partial charge in [0.25, 0.3) is 5.91 Å². The second-order valence-electron chi connectivity index (χ2n) is 4.16. The van der Waals surface area contributed by atoms with Crippen LogP contribution in [-0.4, -0.2) is 44.6 Å². The summed E-state index contributed by atoms with van der Waals surface area (Å²) in [5, 5.41) is 7.31. The van der Waals surface area contributed by atoms with Crippen LogP contribution in [0.2, 0.25) is 0 Å². The third kappa shape index (κ3) is 2.16. The number of rotatable bonds is 1. The minimum atomic E-state index is -0.0229. The lowest BCUT2D eigenvalue weighted by molar-refractivity contribution is 0.0754. The van der Waals surface area contributed by atoms with E-state index in [0.717, 1.165) is 13.1 Å². The molecule has 0 spiro atoms. The summed E-state index contributed by atoms with van der Waals surface area (Å²) in [5.41, 5.74) is 6.12. The molecule has 1 saturated heterocycles. The molecule has 2 heterocycles. The average Bonchev–Trinajstić information content (AvgIpc) is 2.62. The summed E-state index contributed by atoms with van der Waals surface area (Å²) in [6.45, 7) is 5.83. The first-order valence-corrected chi connectivity index (χ1v) is 6.25. The number of hydrogen-bond donors (Lipinski definition) is 2. The van der Waals surface area contributed by atoms with E-state index in [9.17, 15) is 4.79 Å². The lowest BCUT2D eigenvalue weighted by Gasteiger charge is -2.34. The average molecular weight is 240 g/mol.